The third-order valence-corrected chi connectivity index (χ3v) is 6.25. The van der Waals surface area contributed by atoms with Gasteiger partial charge in [-0.1, -0.05) is 48.5 Å². The van der Waals surface area contributed by atoms with Crippen molar-refractivity contribution in [3.8, 4) is 21.6 Å². The fourth-order valence-electron chi connectivity index (χ4n) is 2.99. The molecule has 0 saturated heterocycles. The van der Waals surface area contributed by atoms with Gasteiger partial charge in [0.05, 0.1) is 7.11 Å². The summed E-state index contributed by atoms with van der Waals surface area (Å²) in [6.45, 7) is 0. The molecule has 0 aliphatic rings. The van der Waals surface area contributed by atoms with Gasteiger partial charge in [-0.05, 0) is 34.7 Å². The summed E-state index contributed by atoms with van der Waals surface area (Å²) in [5.74, 6) is -0.737. The lowest BCUT2D eigenvalue weighted by molar-refractivity contribution is 0.0603. The molecule has 4 nitrogen and oxygen atoms in total. The number of hydrogen-bond donors (Lipinski definition) is 1. The molecule has 144 valence electrons. The molecule has 0 fully saturated rings. The van der Waals surface area contributed by atoms with Crippen LogP contribution in [0.4, 0.5) is 5.00 Å². The number of rotatable bonds is 5. The maximum Gasteiger partial charge on any atom is 0.341 e. The summed E-state index contributed by atoms with van der Waals surface area (Å²) in [6, 6.07) is 21.2. The van der Waals surface area contributed by atoms with Gasteiger partial charge >= 0.3 is 5.97 Å². The molecule has 0 aliphatic carbocycles. The highest BCUT2D eigenvalue weighted by molar-refractivity contribution is 7.17. The molecule has 1 amide bonds. The number of amides is 1. The second kappa shape index (κ2) is 8.43. The average molecular weight is 420 g/mol. The quantitative estimate of drug-likeness (QED) is 0.393. The Morgan fingerprint density at radius 2 is 1.59 bits per heavy atom. The Labute approximate surface area is 176 Å². The van der Waals surface area contributed by atoms with Crippen LogP contribution < -0.4 is 5.32 Å². The van der Waals surface area contributed by atoms with Crippen LogP contribution >= 0.6 is 22.7 Å². The van der Waals surface area contributed by atoms with Gasteiger partial charge in [-0.2, -0.15) is 0 Å². The van der Waals surface area contributed by atoms with E-state index in [2.05, 4.69) is 5.32 Å². The van der Waals surface area contributed by atoms with Gasteiger partial charge in [-0.25, -0.2) is 4.79 Å². The van der Waals surface area contributed by atoms with Crippen molar-refractivity contribution in [1.29, 1.82) is 0 Å². The Morgan fingerprint density at radius 1 is 0.862 bits per heavy atom. The SMILES string of the molecule is COC(=O)c1c(-c2cccs2)csc1NC(=O)c1ccc(-c2ccccc2)cc1. The first-order valence-corrected chi connectivity index (χ1v) is 10.6. The maximum atomic E-state index is 12.8. The number of methoxy groups -OCH3 is 1. The van der Waals surface area contributed by atoms with E-state index < -0.39 is 5.97 Å². The zero-order valence-electron chi connectivity index (χ0n) is 15.5. The first-order chi connectivity index (χ1) is 14.2. The number of anilines is 1. The molecule has 0 atom stereocenters. The Bertz CT molecular complexity index is 1130. The van der Waals surface area contributed by atoms with Crippen LogP contribution in [0, 0.1) is 0 Å². The fourth-order valence-corrected chi connectivity index (χ4v) is 4.75. The molecule has 0 aliphatic heterocycles. The van der Waals surface area contributed by atoms with Crippen molar-refractivity contribution in [3.05, 3.63) is 88.6 Å². The monoisotopic (exact) mass is 419 g/mol. The van der Waals surface area contributed by atoms with Gasteiger partial charge in [0.2, 0.25) is 0 Å². The van der Waals surface area contributed by atoms with Crippen LogP contribution in [0.25, 0.3) is 21.6 Å². The summed E-state index contributed by atoms with van der Waals surface area (Å²) < 4.78 is 4.95. The molecular weight excluding hydrogens is 402 g/mol. The van der Waals surface area contributed by atoms with E-state index in [0.29, 0.717) is 16.1 Å². The minimum atomic E-state index is -0.468. The minimum Gasteiger partial charge on any atom is -0.465 e. The second-order valence-corrected chi connectivity index (χ2v) is 8.05. The Morgan fingerprint density at radius 3 is 2.24 bits per heavy atom. The topological polar surface area (TPSA) is 55.4 Å². The third kappa shape index (κ3) is 3.99. The van der Waals surface area contributed by atoms with E-state index in [1.165, 1.54) is 29.8 Å². The predicted molar refractivity (Wildman–Crippen MR) is 119 cm³/mol. The summed E-state index contributed by atoms with van der Waals surface area (Å²) in [6.07, 6.45) is 0. The molecule has 0 radical (unpaired) electrons. The number of nitrogens with one attached hydrogen (secondary N) is 1. The van der Waals surface area contributed by atoms with Crippen molar-refractivity contribution in [1.82, 2.24) is 0 Å². The predicted octanol–water partition coefficient (Wildman–Crippen LogP) is 6.18. The van der Waals surface area contributed by atoms with Crippen molar-refractivity contribution in [2.75, 3.05) is 12.4 Å². The second-order valence-electron chi connectivity index (χ2n) is 6.22. The Kier molecular flexibility index (Phi) is 5.55. The summed E-state index contributed by atoms with van der Waals surface area (Å²) >= 11 is 2.85. The first kappa shape index (κ1) is 19.1. The summed E-state index contributed by atoms with van der Waals surface area (Å²) in [4.78, 5) is 26.1. The molecule has 4 rings (SSSR count). The van der Waals surface area contributed by atoms with Gasteiger partial charge in [-0.3, -0.25) is 4.79 Å². The molecule has 1 N–H and O–H groups in total. The normalized spacial score (nSPS) is 10.5. The number of thiophene rings is 2. The summed E-state index contributed by atoms with van der Waals surface area (Å²) in [7, 11) is 1.34. The van der Waals surface area contributed by atoms with E-state index in [0.717, 1.165) is 21.6 Å². The zero-order valence-corrected chi connectivity index (χ0v) is 17.2. The molecule has 2 aromatic heterocycles. The highest BCUT2D eigenvalue weighted by atomic mass is 32.1. The molecular formula is C23H17NO3S2. The van der Waals surface area contributed by atoms with Gasteiger partial charge in [-0.15, -0.1) is 22.7 Å². The lowest BCUT2D eigenvalue weighted by atomic mass is 10.0. The van der Waals surface area contributed by atoms with Crippen molar-refractivity contribution in [3.63, 3.8) is 0 Å². The number of carbonyl (C=O) groups is 2. The van der Waals surface area contributed by atoms with E-state index in [9.17, 15) is 9.59 Å². The molecule has 2 aromatic carbocycles. The van der Waals surface area contributed by atoms with Crippen molar-refractivity contribution >= 4 is 39.6 Å². The number of hydrogen-bond acceptors (Lipinski definition) is 5. The van der Waals surface area contributed by atoms with Crippen LogP contribution in [0.3, 0.4) is 0 Å². The van der Waals surface area contributed by atoms with Crippen molar-refractivity contribution in [2.45, 2.75) is 0 Å². The molecule has 0 unspecified atom stereocenters. The fraction of sp³-hybridized carbons (Fsp3) is 0.0435. The van der Waals surface area contributed by atoms with Crippen LogP contribution in [0.15, 0.2) is 77.5 Å². The van der Waals surface area contributed by atoms with Crippen LogP contribution in [-0.2, 0) is 4.74 Å². The molecule has 4 aromatic rings. The van der Waals surface area contributed by atoms with Crippen molar-refractivity contribution < 1.29 is 14.3 Å². The standard InChI is InChI=1S/C23H17NO3S2/c1-27-23(26)20-18(19-8-5-13-28-19)14-29-22(20)24-21(25)17-11-9-16(10-12-17)15-6-3-2-4-7-15/h2-14H,1H3,(H,24,25). The molecule has 2 heterocycles. The Balaban J connectivity index is 1.59. The third-order valence-electron chi connectivity index (χ3n) is 4.45. The first-order valence-electron chi connectivity index (χ1n) is 8.88. The number of esters is 1. The summed E-state index contributed by atoms with van der Waals surface area (Å²) in [5, 5.41) is 7.16. The van der Waals surface area contributed by atoms with Crippen LogP contribution in [0.2, 0.25) is 0 Å². The molecule has 29 heavy (non-hydrogen) atoms. The highest BCUT2D eigenvalue weighted by Crippen LogP contribution is 2.38. The lowest BCUT2D eigenvalue weighted by Crippen LogP contribution is -2.14. The number of ether oxygens (including phenoxy) is 1. The van der Waals surface area contributed by atoms with E-state index in [1.807, 2.05) is 65.4 Å². The van der Waals surface area contributed by atoms with Gasteiger partial charge in [0, 0.05) is 21.4 Å². The minimum absolute atomic E-state index is 0.269. The van der Waals surface area contributed by atoms with Gasteiger partial charge in [0.1, 0.15) is 10.6 Å². The lowest BCUT2D eigenvalue weighted by Gasteiger charge is -2.08. The van der Waals surface area contributed by atoms with Crippen molar-refractivity contribution in [2.24, 2.45) is 0 Å². The maximum absolute atomic E-state index is 12.8. The number of carbonyl (C=O) groups excluding carboxylic acids is 2. The van der Waals surface area contributed by atoms with Crippen LogP contribution in [0.5, 0.6) is 0 Å². The van der Waals surface area contributed by atoms with E-state index >= 15 is 0 Å². The zero-order chi connectivity index (χ0) is 20.2. The molecule has 0 bridgehead atoms. The van der Waals surface area contributed by atoms with E-state index in [4.69, 9.17) is 4.74 Å². The largest absolute Gasteiger partial charge is 0.465 e. The molecule has 6 heteroatoms. The molecule has 0 saturated carbocycles. The highest BCUT2D eigenvalue weighted by Gasteiger charge is 2.23. The summed E-state index contributed by atoms with van der Waals surface area (Å²) in [5.41, 5.74) is 3.80. The van der Waals surface area contributed by atoms with E-state index in [1.54, 1.807) is 12.1 Å². The van der Waals surface area contributed by atoms with Gasteiger partial charge in [0.25, 0.3) is 5.91 Å². The molecule has 0 spiro atoms. The van der Waals surface area contributed by atoms with E-state index in [-0.39, 0.29) is 5.91 Å². The average Bonchev–Trinajstić information content (AvgIpc) is 3.44. The smallest absolute Gasteiger partial charge is 0.341 e. The van der Waals surface area contributed by atoms with Crippen LogP contribution in [0.1, 0.15) is 20.7 Å². The van der Waals surface area contributed by atoms with Crippen LogP contribution in [-0.4, -0.2) is 19.0 Å². The Hall–Kier alpha value is -3.22. The van der Waals surface area contributed by atoms with Gasteiger partial charge in [0.15, 0.2) is 0 Å². The van der Waals surface area contributed by atoms with Gasteiger partial charge < -0.3 is 10.1 Å². The number of benzene rings is 2.